The zero-order chi connectivity index (χ0) is 14.2. The fourth-order valence-electron chi connectivity index (χ4n) is 1.77. The van der Waals surface area contributed by atoms with Crippen LogP contribution < -0.4 is 0 Å². The molecule has 0 spiro atoms. The maximum atomic E-state index is 12.6. The average Bonchev–Trinajstić information content (AvgIpc) is 2.36. The third-order valence-electron chi connectivity index (χ3n) is 3.00. The molecule has 19 heavy (non-hydrogen) atoms. The van der Waals surface area contributed by atoms with Gasteiger partial charge in [-0.3, -0.25) is 4.79 Å². The van der Waals surface area contributed by atoms with Gasteiger partial charge in [0.15, 0.2) is 5.78 Å². The van der Waals surface area contributed by atoms with Gasteiger partial charge in [0, 0.05) is 19.7 Å². The van der Waals surface area contributed by atoms with Crippen molar-refractivity contribution in [2.75, 3.05) is 0 Å². The lowest BCUT2D eigenvalue weighted by molar-refractivity contribution is 0.103. The van der Waals surface area contributed by atoms with Crippen molar-refractivity contribution in [2.24, 2.45) is 0 Å². The Labute approximate surface area is 136 Å². The summed E-state index contributed by atoms with van der Waals surface area (Å²) in [5.41, 5.74) is 3.22. The second-order valence-electron chi connectivity index (χ2n) is 4.37. The number of benzene rings is 2. The summed E-state index contributed by atoms with van der Waals surface area (Å²) in [5.74, 6) is -0.0972. The fraction of sp³-hybridized carbons (Fsp3) is 0.133. The summed E-state index contributed by atoms with van der Waals surface area (Å²) in [6.45, 7) is 3.93. The standard InChI is InChI=1S/C15H11Cl2IO/c1-8-5-11(13(17)6-9(8)2)15(19)12-7-10(16)3-4-14(12)18/h3-7H,1-2H3. The predicted molar refractivity (Wildman–Crippen MR) is 88.5 cm³/mol. The summed E-state index contributed by atoms with van der Waals surface area (Å²) in [6, 6.07) is 8.92. The highest BCUT2D eigenvalue weighted by molar-refractivity contribution is 14.1. The van der Waals surface area contributed by atoms with Gasteiger partial charge < -0.3 is 0 Å². The van der Waals surface area contributed by atoms with Crippen molar-refractivity contribution in [3.8, 4) is 0 Å². The molecule has 0 radical (unpaired) electrons. The van der Waals surface area contributed by atoms with Crippen molar-refractivity contribution in [1.29, 1.82) is 0 Å². The molecule has 0 saturated heterocycles. The lowest BCUT2D eigenvalue weighted by Gasteiger charge is -2.09. The molecule has 0 aromatic heterocycles. The summed E-state index contributed by atoms with van der Waals surface area (Å²) in [7, 11) is 0. The number of hydrogen-bond donors (Lipinski definition) is 0. The van der Waals surface area contributed by atoms with E-state index in [1.54, 1.807) is 12.1 Å². The quantitative estimate of drug-likeness (QED) is 0.480. The van der Waals surface area contributed by atoms with Crippen molar-refractivity contribution in [2.45, 2.75) is 13.8 Å². The minimum absolute atomic E-state index is 0.0972. The van der Waals surface area contributed by atoms with Crippen LogP contribution in [-0.2, 0) is 0 Å². The lowest BCUT2D eigenvalue weighted by Crippen LogP contribution is -2.05. The van der Waals surface area contributed by atoms with Crippen molar-refractivity contribution < 1.29 is 4.79 Å². The number of ketones is 1. The van der Waals surface area contributed by atoms with Gasteiger partial charge in [-0.2, -0.15) is 0 Å². The first-order valence-corrected chi connectivity index (χ1v) is 7.50. The van der Waals surface area contributed by atoms with Crippen molar-refractivity contribution in [1.82, 2.24) is 0 Å². The number of carbonyl (C=O) groups excluding carboxylic acids is 1. The molecular formula is C15H11Cl2IO. The molecule has 0 bridgehead atoms. The van der Waals surface area contributed by atoms with Crippen LogP contribution in [0.15, 0.2) is 30.3 Å². The van der Waals surface area contributed by atoms with Crippen LogP contribution in [-0.4, -0.2) is 5.78 Å². The minimum Gasteiger partial charge on any atom is -0.289 e. The zero-order valence-electron chi connectivity index (χ0n) is 10.4. The topological polar surface area (TPSA) is 17.1 Å². The molecule has 2 aromatic rings. The first-order chi connectivity index (χ1) is 8.90. The van der Waals surface area contributed by atoms with Gasteiger partial charge in [0.2, 0.25) is 0 Å². The minimum atomic E-state index is -0.0972. The normalized spacial score (nSPS) is 10.6. The van der Waals surface area contributed by atoms with E-state index in [9.17, 15) is 4.79 Å². The van der Waals surface area contributed by atoms with Crippen LogP contribution in [0.1, 0.15) is 27.0 Å². The molecule has 4 heteroatoms. The smallest absolute Gasteiger partial charge is 0.195 e. The maximum absolute atomic E-state index is 12.6. The molecule has 0 aliphatic carbocycles. The van der Waals surface area contributed by atoms with Crippen LogP contribution in [0, 0.1) is 17.4 Å². The van der Waals surface area contributed by atoms with Crippen LogP contribution in [0.25, 0.3) is 0 Å². The van der Waals surface area contributed by atoms with Crippen LogP contribution in [0.2, 0.25) is 10.0 Å². The monoisotopic (exact) mass is 404 g/mol. The molecule has 0 unspecified atom stereocenters. The zero-order valence-corrected chi connectivity index (χ0v) is 14.1. The number of halogens is 3. The molecular weight excluding hydrogens is 394 g/mol. The summed E-state index contributed by atoms with van der Waals surface area (Å²) in [5, 5.41) is 1.02. The van der Waals surface area contributed by atoms with E-state index in [-0.39, 0.29) is 5.78 Å². The van der Waals surface area contributed by atoms with Crippen molar-refractivity contribution >= 4 is 51.6 Å². The molecule has 0 heterocycles. The molecule has 1 nitrogen and oxygen atoms in total. The van der Waals surface area contributed by atoms with E-state index in [4.69, 9.17) is 23.2 Å². The van der Waals surface area contributed by atoms with Crippen molar-refractivity contribution in [3.63, 3.8) is 0 Å². The van der Waals surface area contributed by atoms with E-state index >= 15 is 0 Å². The molecule has 0 fully saturated rings. The van der Waals surface area contributed by atoms with Gasteiger partial charge in [0.1, 0.15) is 0 Å². The SMILES string of the molecule is Cc1cc(Cl)c(C(=O)c2cc(Cl)ccc2I)cc1C. The first-order valence-electron chi connectivity index (χ1n) is 5.66. The number of rotatable bonds is 2. The third-order valence-corrected chi connectivity index (χ3v) is 4.49. The highest BCUT2D eigenvalue weighted by Gasteiger charge is 2.17. The Morgan fingerprint density at radius 2 is 1.63 bits per heavy atom. The van der Waals surface area contributed by atoms with Crippen LogP contribution in [0.5, 0.6) is 0 Å². The molecule has 98 valence electrons. The van der Waals surface area contributed by atoms with E-state index in [1.807, 2.05) is 32.0 Å². The molecule has 0 aliphatic rings. The van der Waals surface area contributed by atoms with Gasteiger partial charge in [-0.05, 0) is 77.9 Å². The summed E-state index contributed by atoms with van der Waals surface area (Å²) in [4.78, 5) is 12.6. The van der Waals surface area contributed by atoms with Crippen molar-refractivity contribution in [3.05, 3.63) is 66.2 Å². The highest BCUT2D eigenvalue weighted by Crippen LogP contribution is 2.26. The van der Waals surface area contributed by atoms with Gasteiger partial charge in [-0.25, -0.2) is 0 Å². The number of carbonyl (C=O) groups is 1. The van der Waals surface area contributed by atoms with Gasteiger partial charge in [0.25, 0.3) is 0 Å². The van der Waals surface area contributed by atoms with E-state index < -0.39 is 0 Å². The summed E-state index contributed by atoms with van der Waals surface area (Å²) in [6.07, 6.45) is 0. The third kappa shape index (κ3) is 3.12. The highest BCUT2D eigenvalue weighted by atomic mass is 127. The molecule has 2 aromatic carbocycles. The predicted octanol–water partition coefficient (Wildman–Crippen LogP) is 5.45. The Hall–Kier alpha value is -0.580. The Balaban J connectivity index is 2.56. The van der Waals surface area contributed by atoms with E-state index in [1.165, 1.54) is 0 Å². The Kier molecular flexibility index (Phi) is 4.54. The lowest BCUT2D eigenvalue weighted by atomic mass is 9.99. The van der Waals surface area contributed by atoms with Gasteiger partial charge >= 0.3 is 0 Å². The average molecular weight is 405 g/mol. The number of hydrogen-bond acceptors (Lipinski definition) is 1. The second-order valence-corrected chi connectivity index (χ2v) is 6.38. The second kappa shape index (κ2) is 5.81. The fourth-order valence-corrected chi connectivity index (χ4v) is 2.83. The molecule has 0 aliphatic heterocycles. The van der Waals surface area contributed by atoms with Gasteiger partial charge in [-0.1, -0.05) is 23.2 Å². The van der Waals surface area contributed by atoms with E-state index in [2.05, 4.69) is 22.6 Å². The van der Waals surface area contributed by atoms with Gasteiger partial charge in [0.05, 0.1) is 5.02 Å². The summed E-state index contributed by atoms with van der Waals surface area (Å²) < 4.78 is 0.862. The first kappa shape index (κ1) is 14.8. The summed E-state index contributed by atoms with van der Waals surface area (Å²) >= 11 is 14.3. The molecule has 0 N–H and O–H groups in total. The van der Waals surface area contributed by atoms with Crippen LogP contribution in [0.4, 0.5) is 0 Å². The molecule has 0 saturated carbocycles. The molecule has 2 rings (SSSR count). The van der Waals surface area contributed by atoms with Crippen LogP contribution >= 0.6 is 45.8 Å². The largest absolute Gasteiger partial charge is 0.289 e. The van der Waals surface area contributed by atoms with E-state index in [0.29, 0.717) is 21.2 Å². The Morgan fingerprint density at radius 1 is 1.00 bits per heavy atom. The molecule has 0 atom stereocenters. The van der Waals surface area contributed by atoms with Crippen LogP contribution in [0.3, 0.4) is 0 Å². The van der Waals surface area contributed by atoms with Gasteiger partial charge in [-0.15, -0.1) is 0 Å². The molecule has 0 amide bonds. The van der Waals surface area contributed by atoms with E-state index in [0.717, 1.165) is 14.7 Å². The number of aryl methyl sites for hydroxylation is 2. The Bertz CT molecular complexity index is 665. The maximum Gasteiger partial charge on any atom is 0.195 e. The Morgan fingerprint density at radius 3 is 2.32 bits per heavy atom.